The summed E-state index contributed by atoms with van der Waals surface area (Å²) in [6.45, 7) is 2.65. The number of aromatic nitrogens is 2. The molecule has 4 nitrogen and oxygen atoms in total. The van der Waals surface area contributed by atoms with Crippen LogP contribution in [0.2, 0.25) is 0 Å². The number of halogens is 1. The van der Waals surface area contributed by atoms with Gasteiger partial charge in [0.15, 0.2) is 5.82 Å². The van der Waals surface area contributed by atoms with Crippen molar-refractivity contribution in [1.29, 1.82) is 0 Å². The predicted molar refractivity (Wildman–Crippen MR) is 87.8 cm³/mol. The quantitative estimate of drug-likeness (QED) is 0.772. The molecule has 23 heavy (non-hydrogen) atoms. The van der Waals surface area contributed by atoms with Crippen molar-refractivity contribution in [3.8, 4) is 0 Å². The van der Waals surface area contributed by atoms with E-state index in [1.807, 2.05) is 38.2 Å². The van der Waals surface area contributed by atoms with Gasteiger partial charge in [0.05, 0.1) is 18.0 Å². The first-order valence-corrected chi connectivity index (χ1v) is 7.60. The Morgan fingerprint density at radius 3 is 2.78 bits per heavy atom. The van der Waals surface area contributed by atoms with E-state index in [0.29, 0.717) is 23.3 Å². The molecule has 1 unspecified atom stereocenters. The first-order valence-electron chi connectivity index (χ1n) is 7.60. The summed E-state index contributed by atoms with van der Waals surface area (Å²) in [6.07, 6.45) is 0. The van der Waals surface area contributed by atoms with E-state index in [-0.39, 0.29) is 17.4 Å². The molecule has 0 bridgehead atoms. The molecule has 118 valence electrons. The molecule has 0 spiro atoms. The average Bonchev–Trinajstić information content (AvgIpc) is 2.54. The van der Waals surface area contributed by atoms with Crippen LogP contribution in [-0.2, 0) is 6.54 Å². The molecule has 0 saturated carbocycles. The maximum absolute atomic E-state index is 13.3. The molecule has 3 rings (SSSR count). The lowest BCUT2D eigenvalue weighted by Crippen LogP contribution is -3.07. The zero-order chi connectivity index (χ0) is 16.4. The van der Waals surface area contributed by atoms with Crippen LogP contribution in [0.1, 0.15) is 24.4 Å². The smallest absolute Gasteiger partial charge is 0.258 e. The van der Waals surface area contributed by atoms with Crippen LogP contribution in [0.5, 0.6) is 0 Å². The lowest BCUT2D eigenvalue weighted by atomic mass is 10.1. The molecule has 2 aromatic carbocycles. The van der Waals surface area contributed by atoms with Crippen LogP contribution in [0.25, 0.3) is 10.9 Å². The summed E-state index contributed by atoms with van der Waals surface area (Å²) in [7, 11) is 2.00. The van der Waals surface area contributed by atoms with Gasteiger partial charge in [-0.2, -0.15) is 0 Å². The third kappa shape index (κ3) is 3.29. The lowest BCUT2D eigenvalue weighted by molar-refractivity contribution is -0.924. The van der Waals surface area contributed by atoms with Crippen LogP contribution in [0.3, 0.4) is 0 Å². The van der Waals surface area contributed by atoms with Gasteiger partial charge in [0, 0.05) is 5.56 Å². The van der Waals surface area contributed by atoms with Crippen molar-refractivity contribution >= 4 is 10.9 Å². The van der Waals surface area contributed by atoms with Gasteiger partial charge in [-0.25, -0.2) is 9.37 Å². The minimum atomic E-state index is -0.236. The monoisotopic (exact) mass is 312 g/mol. The van der Waals surface area contributed by atoms with Crippen molar-refractivity contribution in [2.45, 2.75) is 19.5 Å². The Balaban J connectivity index is 1.87. The number of hydrogen-bond acceptors (Lipinski definition) is 2. The predicted octanol–water partition coefficient (Wildman–Crippen LogP) is 1.84. The number of nitrogens with zero attached hydrogens (tertiary/aromatic N) is 1. The SMILES string of the molecule is C[C@@H](c1nc2ccccc2c(=O)[nH]1)[NH+](C)Cc1cccc(F)c1. The molecule has 1 aromatic heterocycles. The summed E-state index contributed by atoms with van der Waals surface area (Å²) in [5.74, 6) is 0.405. The van der Waals surface area contributed by atoms with Gasteiger partial charge in [-0.15, -0.1) is 0 Å². The Morgan fingerprint density at radius 1 is 1.22 bits per heavy atom. The normalized spacial score (nSPS) is 13.9. The molecule has 2 atom stereocenters. The number of benzene rings is 2. The van der Waals surface area contributed by atoms with Gasteiger partial charge in [0.1, 0.15) is 18.4 Å². The largest absolute Gasteiger partial charge is 0.325 e. The number of nitrogens with one attached hydrogen (secondary N) is 2. The number of para-hydroxylation sites is 1. The van der Waals surface area contributed by atoms with E-state index in [2.05, 4.69) is 9.97 Å². The molecule has 0 aliphatic heterocycles. The van der Waals surface area contributed by atoms with E-state index in [1.165, 1.54) is 12.1 Å². The second-order valence-electron chi connectivity index (χ2n) is 5.84. The van der Waals surface area contributed by atoms with Crippen LogP contribution in [0, 0.1) is 5.82 Å². The summed E-state index contributed by atoms with van der Waals surface area (Å²) in [4.78, 5) is 20.7. The minimum Gasteiger partial charge on any atom is -0.325 e. The van der Waals surface area contributed by atoms with Crippen molar-refractivity contribution in [3.05, 3.63) is 76.1 Å². The number of quaternary nitrogens is 1. The molecular formula is C18H19FN3O+. The average molecular weight is 312 g/mol. The van der Waals surface area contributed by atoms with Crippen LogP contribution in [-0.4, -0.2) is 17.0 Å². The Kier molecular flexibility index (Phi) is 4.21. The highest BCUT2D eigenvalue weighted by atomic mass is 19.1. The van der Waals surface area contributed by atoms with Gasteiger partial charge < -0.3 is 9.88 Å². The van der Waals surface area contributed by atoms with Gasteiger partial charge in [0.25, 0.3) is 5.56 Å². The fraction of sp³-hybridized carbons (Fsp3) is 0.222. The molecule has 0 aliphatic carbocycles. The van der Waals surface area contributed by atoms with Crippen molar-refractivity contribution in [2.24, 2.45) is 0 Å². The highest BCUT2D eigenvalue weighted by Crippen LogP contribution is 2.09. The van der Waals surface area contributed by atoms with Crippen LogP contribution < -0.4 is 10.5 Å². The fourth-order valence-corrected chi connectivity index (χ4v) is 2.66. The molecule has 0 radical (unpaired) electrons. The van der Waals surface area contributed by atoms with E-state index in [0.717, 1.165) is 10.5 Å². The van der Waals surface area contributed by atoms with Crippen molar-refractivity contribution in [1.82, 2.24) is 9.97 Å². The molecule has 0 saturated heterocycles. The van der Waals surface area contributed by atoms with Crippen molar-refractivity contribution < 1.29 is 9.29 Å². The highest BCUT2D eigenvalue weighted by Gasteiger charge is 2.19. The van der Waals surface area contributed by atoms with Crippen LogP contribution in [0.15, 0.2) is 53.3 Å². The molecular weight excluding hydrogens is 293 g/mol. The van der Waals surface area contributed by atoms with Crippen LogP contribution in [0.4, 0.5) is 4.39 Å². The number of rotatable bonds is 4. The van der Waals surface area contributed by atoms with Crippen molar-refractivity contribution in [2.75, 3.05) is 7.05 Å². The van der Waals surface area contributed by atoms with Crippen molar-refractivity contribution in [3.63, 3.8) is 0 Å². The van der Waals surface area contributed by atoms with Gasteiger partial charge >= 0.3 is 0 Å². The summed E-state index contributed by atoms with van der Waals surface area (Å²) >= 11 is 0. The van der Waals surface area contributed by atoms with E-state index in [1.54, 1.807) is 12.1 Å². The van der Waals surface area contributed by atoms with E-state index >= 15 is 0 Å². The van der Waals surface area contributed by atoms with Gasteiger partial charge in [-0.05, 0) is 31.2 Å². The summed E-state index contributed by atoms with van der Waals surface area (Å²) < 4.78 is 13.3. The van der Waals surface area contributed by atoms with E-state index in [4.69, 9.17) is 0 Å². The number of hydrogen-bond donors (Lipinski definition) is 2. The molecule has 1 heterocycles. The molecule has 5 heteroatoms. The second kappa shape index (κ2) is 6.30. The highest BCUT2D eigenvalue weighted by molar-refractivity contribution is 5.77. The summed E-state index contributed by atoms with van der Waals surface area (Å²) in [6, 6.07) is 13.8. The standard InChI is InChI=1S/C18H18FN3O/c1-12(22(2)11-13-6-5-7-14(19)10-13)17-20-16-9-4-3-8-15(16)18(23)21-17/h3-10,12H,11H2,1-2H3,(H,20,21,23)/p+1/t12-/m0/s1. The minimum absolute atomic E-state index is 0.0180. The first-order chi connectivity index (χ1) is 11.0. The Morgan fingerprint density at radius 2 is 2.00 bits per heavy atom. The Bertz CT molecular complexity index is 891. The first kappa shape index (κ1) is 15.4. The maximum Gasteiger partial charge on any atom is 0.258 e. The second-order valence-corrected chi connectivity index (χ2v) is 5.84. The van der Waals surface area contributed by atoms with Crippen LogP contribution >= 0.6 is 0 Å². The van der Waals surface area contributed by atoms with E-state index in [9.17, 15) is 9.18 Å². The third-order valence-corrected chi connectivity index (χ3v) is 4.15. The third-order valence-electron chi connectivity index (χ3n) is 4.15. The molecule has 0 aliphatic rings. The molecule has 3 aromatic rings. The Hall–Kier alpha value is -2.53. The zero-order valence-corrected chi connectivity index (χ0v) is 13.1. The molecule has 0 fully saturated rings. The topological polar surface area (TPSA) is 50.2 Å². The number of H-pyrrole nitrogens is 1. The van der Waals surface area contributed by atoms with Gasteiger partial charge in [0.2, 0.25) is 0 Å². The number of aromatic amines is 1. The number of fused-ring (bicyclic) bond motifs is 1. The lowest BCUT2D eigenvalue weighted by Gasteiger charge is -2.21. The maximum atomic E-state index is 13.3. The molecule has 2 N–H and O–H groups in total. The summed E-state index contributed by atoms with van der Waals surface area (Å²) in [5, 5.41) is 0.589. The summed E-state index contributed by atoms with van der Waals surface area (Å²) in [5.41, 5.74) is 1.48. The van der Waals surface area contributed by atoms with Gasteiger partial charge in [-0.1, -0.05) is 24.3 Å². The van der Waals surface area contributed by atoms with E-state index < -0.39 is 0 Å². The molecule has 0 amide bonds. The zero-order valence-electron chi connectivity index (χ0n) is 13.1. The van der Waals surface area contributed by atoms with Gasteiger partial charge in [-0.3, -0.25) is 4.79 Å². The Labute approximate surface area is 133 Å². The fourth-order valence-electron chi connectivity index (χ4n) is 2.66.